The number of fused-ring (bicyclic) bond motifs is 1. The van der Waals surface area contributed by atoms with Crippen molar-refractivity contribution in [3.05, 3.63) is 23.9 Å². The van der Waals surface area contributed by atoms with Gasteiger partial charge in [-0.25, -0.2) is 14.8 Å². The fraction of sp³-hybridized carbons (Fsp3) is 0.111. The standard InChI is InChI=1S/C9H6N2O3/c12-7-3-1-2-6-5(7)4-10-8(11-6)9(13)14/h1-5H,(H,13,14). The number of ketones is 1. The van der Waals surface area contributed by atoms with E-state index in [1.165, 1.54) is 12.3 Å². The van der Waals surface area contributed by atoms with E-state index in [-0.39, 0.29) is 11.6 Å². The summed E-state index contributed by atoms with van der Waals surface area (Å²) in [6, 6.07) is 0. The van der Waals surface area contributed by atoms with Gasteiger partial charge in [-0.3, -0.25) is 4.79 Å². The number of amidine groups is 1. The highest BCUT2D eigenvalue weighted by Gasteiger charge is 2.26. The van der Waals surface area contributed by atoms with Crippen LogP contribution in [0.15, 0.2) is 33.9 Å². The van der Waals surface area contributed by atoms with Gasteiger partial charge >= 0.3 is 5.97 Å². The zero-order valence-electron chi connectivity index (χ0n) is 7.04. The Labute approximate surface area is 79.2 Å². The van der Waals surface area contributed by atoms with Crippen molar-refractivity contribution in [2.24, 2.45) is 15.9 Å². The largest absolute Gasteiger partial charge is 0.475 e. The predicted molar refractivity (Wildman–Crippen MR) is 49.3 cm³/mol. The van der Waals surface area contributed by atoms with E-state index < -0.39 is 11.9 Å². The molecule has 0 saturated heterocycles. The first kappa shape index (κ1) is 8.55. The van der Waals surface area contributed by atoms with E-state index >= 15 is 0 Å². The molecule has 1 aliphatic carbocycles. The summed E-state index contributed by atoms with van der Waals surface area (Å²) in [5.41, 5.74) is 0.435. The van der Waals surface area contributed by atoms with Gasteiger partial charge in [-0.2, -0.15) is 0 Å². The van der Waals surface area contributed by atoms with Gasteiger partial charge in [0, 0.05) is 6.21 Å². The summed E-state index contributed by atoms with van der Waals surface area (Å²) < 4.78 is 0. The highest BCUT2D eigenvalue weighted by molar-refractivity contribution is 6.37. The zero-order chi connectivity index (χ0) is 10.1. The van der Waals surface area contributed by atoms with Crippen LogP contribution in [0.1, 0.15) is 0 Å². The summed E-state index contributed by atoms with van der Waals surface area (Å²) in [6.07, 6.45) is 5.89. The Balaban J connectivity index is 2.40. The summed E-state index contributed by atoms with van der Waals surface area (Å²) in [5.74, 6) is -2.11. The number of carboxylic acids is 1. The first-order valence-electron chi connectivity index (χ1n) is 3.97. The summed E-state index contributed by atoms with van der Waals surface area (Å²) >= 11 is 0. The molecule has 0 saturated carbocycles. The molecule has 0 aromatic carbocycles. The molecule has 1 aliphatic heterocycles. The van der Waals surface area contributed by atoms with E-state index in [1.54, 1.807) is 12.2 Å². The van der Waals surface area contributed by atoms with Gasteiger partial charge in [0.15, 0.2) is 5.78 Å². The van der Waals surface area contributed by atoms with E-state index in [0.29, 0.717) is 5.70 Å². The molecule has 0 radical (unpaired) electrons. The molecular formula is C9H6N2O3. The van der Waals surface area contributed by atoms with Crippen molar-refractivity contribution in [1.82, 2.24) is 0 Å². The van der Waals surface area contributed by atoms with Gasteiger partial charge < -0.3 is 5.11 Å². The molecule has 1 unspecified atom stereocenters. The van der Waals surface area contributed by atoms with E-state index in [2.05, 4.69) is 9.98 Å². The Morgan fingerprint density at radius 3 is 3.00 bits per heavy atom. The van der Waals surface area contributed by atoms with Gasteiger partial charge in [0.05, 0.1) is 11.6 Å². The quantitative estimate of drug-likeness (QED) is 0.641. The normalized spacial score (nSPS) is 24.0. The molecule has 0 aromatic rings. The molecule has 0 aromatic heterocycles. The van der Waals surface area contributed by atoms with Crippen LogP contribution in [-0.2, 0) is 9.59 Å². The number of rotatable bonds is 1. The van der Waals surface area contributed by atoms with Crippen molar-refractivity contribution < 1.29 is 14.7 Å². The molecule has 2 aliphatic rings. The molecule has 5 nitrogen and oxygen atoms in total. The van der Waals surface area contributed by atoms with Gasteiger partial charge in [-0.15, -0.1) is 0 Å². The highest BCUT2D eigenvalue weighted by atomic mass is 16.4. The van der Waals surface area contributed by atoms with Gasteiger partial charge in [0.25, 0.3) is 0 Å². The van der Waals surface area contributed by atoms with E-state index in [1.807, 2.05) is 0 Å². The van der Waals surface area contributed by atoms with E-state index in [4.69, 9.17) is 5.11 Å². The Hall–Kier alpha value is -2.04. The average molecular weight is 190 g/mol. The summed E-state index contributed by atoms with van der Waals surface area (Å²) in [4.78, 5) is 29.2. The van der Waals surface area contributed by atoms with Crippen molar-refractivity contribution in [1.29, 1.82) is 0 Å². The van der Waals surface area contributed by atoms with Crippen LogP contribution in [0.25, 0.3) is 0 Å². The van der Waals surface area contributed by atoms with Crippen molar-refractivity contribution >= 4 is 23.8 Å². The molecule has 0 amide bonds. The Morgan fingerprint density at radius 2 is 2.29 bits per heavy atom. The van der Waals surface area contributed by atoms with Crippen LogP contribution in [-0.4, -0.2) is 28.9 Å². The number of aliphatic carboxylic acids is 1. The summed E-state index contributed by atoms with van der Waals surface area (Å²) in [6.45, 7) is 0. The molecule has 5 heteroatoms. The molecule has 0 fully saturated rings. The maximum absolute atomic E-state index is 11.3. The number of carbonyl (C=O) groups is 2. The van der Waals surface area contributed by atoms with E-state index in [0.717, 1.165) is 0 Å². The molecule has 1 atom stereocenters. The number of hydrogen-bond acceptors (Lipinski definition) is 4. The first-order valence-corrected chi connectivity index (χ1v) is 3.97. The second kappa shape index (κ2) is 3.02. The lowest BCUT2D eigenvalue weighted by atomic mass is 9.96. The number of hydrogen-bond donors (Lipinski definition) is 1. The predicted octanol–water partition coefficient (Wildman–Crippen LogP) is 0.193. The monoisotopic (exact) mass is 190 g/mol. The fourth-order valence-corrected chi connectivity index (χ4v) is 1.25. The van der Waals surface area contributed by atoms with Crippen LogP contribution < -0.4 is 0 Å². The van der Waals surface area contributed by atoms with Crippen LogP contribution in [0.4, 0.5) is 0 Å². The second-order valence-corrected chi connectivity index (χ2v) is 2.85. The lowest BCUT2D eigenvalue weighted by Gasteiger charge is -2.15. The summed E-state index contributed by atoms with van der Waals surface area (Å²) in [5, 5.41) is 8.62. The number of allylic oxidation sites excluding steroid dienone is 4. The Bertz CT molecular complexity index is 429. The zero-order valence-corrected chi connectivity index (χ0v) is 7.04. The third-order valence-corrected chi connectivity index (χ3v) is 1.92. The molecule has 1 N–H and O–H groups in total. The first-order chi connectivity index (χ1) is 6.68. The Morgan fingerprint density at radius 1 is 1.50 bits per heavy atom. The smallest absolute Gasteiger partial charge is 0.373 e. The molecule has 14 heavy (non-hydrogen) atoms. The third kappa shape index (κ3) is 1.28. The summed E-state index contributed by atoms with van der Waals surface area (Å²) in [7, 11) is 0. The number of nitrogens with zero attached hydrogens (tertiary/aromatic N) is 2. The minimum atomic E-state index is -1.19. The van der Waals surface area contributed by atoms with Crippen LogP contribution >= 0.6 is 0 Å². The van der Waals surface area contributed by atoms with Crippen LogP contribution in [0.3, 0.4) is 0 Å². The molecule has 0 bridgehead atoms. The molecule has 0 spiro atoms. The van der Waals surface area contributed by atoms with Gasteiger partial charge in [0.1, 0.15) is 0 Å². The van der Waals surface area contributed by atoms with Crippen molar-refractivity contribution in [3.8, 4) is 0 Å². The average Bonchev–Trinajstić information content (AvgIpc) is 2.17. The Kier molecular flexibility index (Phi) is 1.85. The van der Waals surface area contributed by atoms with E-state index in [9.17, 15) is 9.59 Å². The topological polar surface area (TPSA) is 79.1 Å². The van der Waals surface area contributed by atoms with Crippen LogP contribution in [0.5, 0.6) is 0 Å². The van der Waals surface area contributed by atoms with Crippen molar-refractivity contribution in [2.75, 3.05) is 0 Å². The second-order valence-electron chi connectivity index (χ2n) is 2.85. The minimum absolute atomic E-state index is 0.126. The maximum atomic E-state index is 11.3. The van der Waals surface area contributed by atoms with Gasteiger partial charge in [-0.05, 0) is 12.2 Å². The minimum Gasteiger partial charge on any atom is -0.475 e. The van der Waals surface area contributed by atoms with Gasteiger partial charge in [-0.1, -0.05) is 6.08 Å². The number of carbonyl (C=O) groups excluding carboxylic acids is 1. The van der Waals surface area contributed by atoms with Crippen LogP contribution in [0, 0.1) is 5.92 Å². The number of carboxylic acid groups (broad SMARTS) is 1. The molecular weight excluding hydrogens is 184 g/mol. The molecule has 2 rings (SSSR count). The van der Waals surface area contributed by atoms with Crippen LogP contribution in [0.2, 0.25) is 0 Å². The molecule has 70 valence electrons. The van der Waals surface area contributed by atoms with Crippen molar-refractivity contribution in [3.63, 3.8) is 0 Å². The lowest BCUT2D eigenvalue weighted by molar-refractivity contribution is -0.129. The highest BCUT2D eigenvalue weighted by Crippen LogP contribution is 2.20. The van der Waals surface area contributed by atoms with Gasteiger partial charge in [0.2, 0.25) is 5.84 Å². The fourth-order valence-electron chi connectivity index (χ4n) is 1.25. The lowest BCUT2D eigenvalue weighted by Crippen LogP contribution is -2.25. The molecule has 1 heterocycles. The number of aliphatic imine (C=N–C) groups is 2. The SMILES string of the molecule is O=C(O)C1=NC2=CC=CC(=O)C2C=N1. The van der Waals surface area contributed by atoms with Crippen molar-refractivity contribution in [2.45, 2.75) is 0 Å². The third-order valence-electron chi connectivity index (χ3n) is 1.92. The maximum Gasteiger partial charge on any atom is 0.373 e.